The van der Waals surface area contributed by atoms with Crippen LogP contribution in [0.2, 0.25) is 0 Å². The van der Waals surface area contributed by atoms with Crippen LogP contribution < -0.4 is 0 Å². The number of rotatable bonds is 8. The van der Waals surface area contributed by atoms with Gasteiger partial charge in [-0.25, -0.2) is 9.42 Å². The second-order valence-corrected chi connectivity index (χ2v) is 25.0. The number of piperidine rings is 1. The van der Waals surface area contributed by atoms with Crippen LogP contribution in [0.3, 0.4) is 0 Å². The first-order chi connectivity index (χ1) is 33.0. The van der Waals surface area contributed by atoms with Gasteiger partial charge in [0.15, 0.2) is 5.78 Å². The Kier molecular flexibility index (Phi) is 21.8. The monoisotopic (exact) mass is 1000 g/mol. The summed E-state index contributed by atoms with van der Waals surface area (Å²) in [5.74, 6) is -5.77. The molecule has 396 valence electrons. The van der Waals surface area contributed by atoms with Crippen molar-refractivity contribution in [3.63, 3.8) is 0 Å². The van der Waals surface area contributed by atoms with E-state index in [1.54, 1.807) is 54.6 Å². The fourth-order valence-electron chi connectivity index (χ4n) is 11.7. The van der Waals surface area contributed by atoms with E-state index in [1.807, 2.05) is 38.2 Å². The fraction of sp³-hybridized carbons (Fsp3) is 0.782. The van der Waals surface area contributed by atoms with Gasteiger partial charge >= 0.3 is 0 Å². The van der Waals surface area contributed by atoms with Gasteiger partial charge in [0.1, 0.15) is 43.5 Å². The van der Waals surface area contributed by atoms with E-state index in [0.717, 1.165) is 18.4 Å². The number of aliphatic hydroxyl groups is 2. The topological polar surface area (TPSA) is 191 Å². The zero-order valence-corrected chi connectivity index (χ0v) is 45.3. The molecule has 1 saturated carbocycles. The predicted octanol–water partition coefficient (Wildman–Crippen LogP) is 8.17. The van der Waals surface area contributed by atoms with Crippen molar-refractivity contribution in [2.75, 3.05) is 41.2 Å². The number of amides is 1. The second kappa shape index (κ2) is 26.1. The van der Waals surface area contributed by atoms with Gasteiger partial charge in [-0.3, -0.25) is 19.2 Å². The first-order valence-corrected chi connectivity index (χ1v) is 28.7. The van der Waals surface area contributed by atoms with E-state index in [2.05, 4.69) is 26.8 Å². The summed E-state index contributed by atoms with van der Waals surface area (Å²) in [6.07, 6.45) is 15.4. The highest BCUT2D eigenvalue weighted by Crippen LogP contribution is 2.51. The van der Waals surface area contributed by atoms with E-state index in [4.69, 9.17) is 28.2 Å². The van der Waals surface area contributed by atoms with Crippen LogP contribution in [0.1, 0.15) is 132 Å². The van der Waals surface area contributed by atoms with Crippen molar-refractivity contribution < 1.29 is 62.5 Å². The number of carbonyl (C=O) groups is 4. The van der Waals surface area contributed by atoms with E-state index in [0.29, 0.717) is 63.4 Å². The maximum atomic E-state index is 14.7. The van der Waals surface area contributed by atoms with Gasteiger partial charge in [-0.2, -0.15) is 0 Å². The Hall–Kier alpha value is -2.49. The van der Waals surface area contributed by atoms with Gasteiger partial charge in [-0.05, 0) is 119 Å². The third-order valence-electron chi connectivity index (χ3n) is 16.1. The van der Waals surface area contributed by atoms with Gasteiger partial charge in [0.2, 0.25) is 5.79 Å². The molecule has 0 radical (unpaired) electrons. The summed E-state index contributed by atoms with van der Waals surface area (Å²) in [5.41, 5.74) is 1.53. The molecule has 3 saturated heterocycles. The van der Waals surface area contributed by atoms with Crippen LogP contribution in [-0.2, 0) is 47.4 Å². The van der Waals surface area contributed by atoms with Crippen LogP contribution in [0.25, 0.3) is 0 Å². The molecular formula is C55H89NO13P+. The predicted molar refractivity (Wildman–Crippen MR) is 272 cm³/mol. The van der Waals surface area contributed by atoms with E-state index in [9.17, 15) is 34.3 Å². The molecule has 6 unspecified atom stereocenters. The molecule has 5 aliphatic rings. The number of epoxide rings is 1. The number of methoxy groups -OCH3 is 3. The van der Waals surface area contributed by atoms with Crippen LogP contribution in [0.4, 0.5) is 0 Å². The van der Waals surface area contributed by atoms with Gasteiger partial charge in [-0.1, -0.05) is 71.1 Å². The van der Waals surface area contributed by atoms with Crippen LogP contribution in [0.15, 0.2) is 47.6 Å². The summed E-state index contributed by atoms with van der Waals surface area (Å²) < 4.78 is 36.1. The molecule has 0 spiro atoms. The van der Waals surface area contributed by atoms with Crippen molar-refractivity contribution in [1.82, 2.24) is 4.90 Å². The van der Waals surface area contributed by atoms with Gasteiger partial charge in [0.25, 0.3) is 19.4 Å². The molecular weight excluding hydrogens is 914 g/mol. The highest BCUT2D eigenvalue weighted by Gasteiger charge is 2.54. The van der Waals surface area contributed by atoms with Gasteiger partial charge in [0, 0.05) is 59.0 Å². The van der Waals surface area contributed by atoms with Crippen LogP contribution in [0, 0.1) is 41.4 Å². The zero-order chi connectivity index (χ0) is 51.7. The van der Waals surface area contributed by atoms with Crippen LogP contribution >= 0.6 is 7.72 Å². The molecule has 14 nitrogen and oxygen atoms in total. The lowest BCUT2D eigenvalue weighted by Crippen LogP contribution is -2.60. The molecule has 70 heavy (non-hydrogen) atoms. The normalized spacial score (nSPS) is 41.5. The Balaban J connectivity index is 1.45. The molecule has 4 heterocycles. The number of hydrogen-bond donors (Lipinski definition) is 3. The maximum Gasteiger partial charge on any atom is 0.296 e. The molecule has 0 aromatic heterocycles. The summed E-state index contributed by atoms with van der Waals surface area (Å²) in [4.78, 5) is 69.7. The fourth-order valence-corrected chi connectivity index (χ4v) is 12.6. The Bertz CT molecular complexity index is 1890. The van der Waals surface area contributed by atoms with Crippen molar-refractivity contribution in [3.05, 3.63) is 47.6 Å². The van der Waals surface area contributed by atoms with E-state index in [1.165, 1.54) is 4.90 Å². The lowest BCUT2D eigenvalue weighted by atomic mass is 9.74. The maximum absolute atomic E-state index is 14.7. The molecule has 0 aromatic carbocycles. The first-order valence-electron chi connectivity index (χ1n) is 26.2. The summed E-state index contributed by atoms with van der Waals surface area (Å²) in [6.45, 7) is 17.3. The molecule has 1 amide bonds. The van der Waals surface area contributed by atoms with Gasteiger partial charge < -0.3 is 38.8 Å². The number of fused-ring (bicyclic) bond motifs is 4. The number of hydrogen-bond acceptors (Lipinski definition) is 13. The summed E-state index contributed by atoms with van der Waals surface area (Å²) in [7, 11) is 2.33. The molecule has 4 aliphatic heterocycles. The molecule has 2 bridgehead atoms. The van der Waals surface area contributed by atoms with Crippen LogP contribution in [-0.4, -0.2) is 145 Å². The van der Waals surface area contributed by atoms with Gasteiger partial charge in [0.05, 0.1) is 30.5 Å². The van der Waals surface area contributed by atoms with Crippen molar-refractivity contribution >= 4 is 31.0 Å². The number of Topliss-reactive ketones (excluding diaryl/α,β-unsaturated/α-hetero) is 3. The molecule has 0 aromatic rings. The molecule has 15 heteroatoms. The smallest absolute Gasteiger partial charge is 0.296 e. The summed E-state index contributed by atoms with van der Waals surface area (Å²) in [6, 6.07) is -0.905. The minimum atomic E-state index is -2.51. The minimum Gasteiger partial charge on any atom is -0.386 e. The van der Waals surface area contributed by atoms with E-state index < -0.39 is 67.3 Å². The van der Waals surface area contributed by atoms with Crippen molar-refractivity contribution in [1.29, 1.82) is 0 Å². The average molecular weight is 1000 g/mol. The molecule has 17 atom stereocenters. The summed E-state index contributed by atoms with van der Waals surface area (Å²) in [5, 5.41) is 23.7. The Morgan fingerprint density at radius 1 is 0.829 bits per heavy atom. The number of nitrogens with zero attached hydrogens (tertiary/aromatic N) is 1. The second-order valence-electron chi connectivity index (χ2n) is 22.2. The van der Waals surface area contributed by atoms with Crippen molar-refractivity contribution in [3.8, 4) is 0 Å². The molecule has 5 rings (SSSR count). The number of ketones is 3. The lowest BCUT2D eigenvalue weighted by Gasteiger charge is -2.43. The average Bonchev–Trinajstić information content (AvgIpc) is 4.11. The SMILES string of the molecule is COC1C2OC2C(C)C[C@H](C)/C=C/C=C/C=C(\C)[C@@H](OC)C[C@@H]2CC[C@@H](C)[C@@](O)(O2)C(=O)C(=O)N2CCCC[C@H]2C(=O)C[C@H](C(C)CC2CC[C@@H](O[P+](C)(C)O)[C@H](OC)C2)CC(=O)[C@H](C)/C=C(\C)[C@H]1O. The van der Waals surface area contributed by atoms with E-state index >= 15 is 0 Å². The third-order valence-corrected chi connectivity index (χ3v) is 16.9. The first kappa shape index (κ1) is 58.4. The quantitative estimate of drug-likeness (QED) is 0.0915. The van der Waals surface area contributed by atoms with E-state index in [-0.39, 0.29) is 85.1 Å². The third kappa shape index (κ3) is 15.5. The Morgan fingerprint density at radius 2 is 1.54 bits per heavy atom. The molecule has 3 N–H and O–H groups in total. The Labute approximate surface area is 419 Å². The number of carbonyl (C=O) groups excluding carboxylic acids is 4. The molecule has 1 aliphatic carbocycles. The van der Waals surface area contributed by atoms with Crippen LogP contribution in [0.5, 0.6) is 0 Å². The van der Waals surface area contributed by atoms with Crippen molar-refractivity contribution in [2.45, 2.75) is 193 Å². The highest BCUT2D eigenvalue weighted by atomic mass is 31.2. The number of ether oxygens (including phenoxy) is 5. The summed E-state index contributed by atoms with van der Waals surface area (Å²) >= 11 is 0. The zero-order valence-electron chi connectivity index (χ0n) is 44.4. The number of aliphatic hydroxyl groups excluding tert-OH is 1. The Morgan fingerprint density at radius 3 is 2.21 bits per heavy atom. The largest absolute Gasteiger partial charge is 0.386 e. The van der Waals surface area contributed by atoms with Gasteiger partial charge in [-0.15, -0.1) is 0 Å². The number of allylic oxidation sites excluding steroid dienone is 6. The van der Waals surface area contributed by atoms with Crippen molar-refractivity contribution in [2.24, 2.45) is 41.4 Å². The molecule has 4 fully saturated rings. The highest BCUT2D eigenvalue weighted by molar-refractivity contribution is 7.64. The lowest BCUT2D eigenvalue weighted by molar-refractivity contribution is -0.265. The minimum absolute atomic E-state index is 0.0153. The standard InChI is InChI=1S/C55H89NO13P/c1-33-18-14-13-15-19-34(2)47(64-8)32-42-23-21-39(7)55(62,68-42)53(60)54(61)56-25-17-16-20-43(56)45(58)31-41(35(3)28-40-22-24-46(48(29-40)65-9)69-70(11,12)63)30-44(57)36(4)27-37(5)49(59)51(66-10)52-50(67-52)38(6)26-33/h13-15,18-19,27,33,35-36,38-43,46-52,59,62-63H,16-17,20-26,28-32H2,1-12H3/q+1/b15-13+,18-14+,34-19+,37-27+/t33-,35?,36-,38?,39-,40?,41-,42+,43+,46-,47+,48-,49-,50?,51?,52?,55-/m1/s1.